The van der Waals surface area contributed by atoms with Gasteiger partial charge in [-0.3, -0.25) is 4.79 Å². The molecule has 0 saturated carbocycles. The molecular formula is C8H15NO2. The third-order valence-electron chi connectivity index (χ3n) is 1.86. The minimum Gasteiger partial charge on any atom is -0.372 e. The van der Waals surface area contributed by atoms with Crippen LogP contribution in [0.15, 0.2) is 0 Å². The molecule has 0 aromatic heterocycles. The number of hydrogen-bond donors (Lipinski definition) is 0. The van der Waals surface area contributed by atoms with E-state index in [0.717, 1.165) is 13.1 Å². The van der Waals surface area contributed by atoms with Gasteiger partial charge in [0, 0.05) is 20.0 Å². The van der Waals surface area contributed by atoms with Gasteiger partial charge in [0.05, 0.1) is 12.2 Å². The number of rotatable bonds is 0. The summed E-state index contributed by atoms with van der Waals surface area (Å²) in [6.07, 6.45) is 0.366. The largest absolute Gasteiger partial charge is 0.372 e. The van der Waals surface area contributed by atoms with Crippen molar-refractivity contribution in [2.24, 2.45) is 0 Å². The second-order valence-electron chi connectivity index (χ2n) is 3.18. The lowest BCUT2D eigenvalue weighted by Crippen LogP contribution is -2.47. The van der Waals surface area contributed by atoms with E-state index in [0.29, 0.717) is 0 Å². The molecule has 2 atom stereocenters. The second-order valence-corrected chi connectivity index (χ2v) is 3.18. The van der Waals surface area contributed by atoms with Crippen molar-refractivity contribution in [3.05, 3.63) is 0 Å². The van der Waals surface area contributed by atoms with Gasteiger partial charge < -0.3 is 9.64 Å². The van der Waals surface area contributed by atoms with Crippen LogP contribution in [0, 0.1) is 0 Å². The highest BCUT2D eigenvalue weighted by Gasteiger charge is 2.23. The minimum absolute atomic E-state index is 0.145. The Bertz CT molecular complexity index is 148. The molecule has 1 rings (SSSR count). The first-order valence-electron chi connectivity index (χ1n) is 4.00. The summed E-state index contributed by atoms with van der Waals surface area (Å²) in [5, 5.41) is 0. The van der Waals surface area contributed by atoms with Crippen LogP contribution in [0.4, 0.5) is 0 Å². The Labute approximate surface area is 67.3 Å². The number of nitrogens with zero attached hydrogens (tertiary/aromatic N) is 1. The summed E-state index contributed by atoms with van der Waals surface area (Å²) >= 11 is 0. The zero-order valence-corrected chi connectivity index (χ0v) is 7.33. The third-order valence-corrected chi connectivity index (χ3v) is 1.86. The molecule has 1 fully saturated rings. The number of morpholine rings is 1. The lowest BCUT2D eigenvalue weighted by atomic mass is 10.2. The zero-order chi connectivity index (χ0) is 8.43. The SMILES string of the molecule is CC(=O)N1C[C@@H](C)O[C@H](C)C1. The van der Waals surface area contributed by atoms with Crippen LogP contribution in [0.2, 0.25) is 0 Å². The first-order chi connectivity index (χ1) is 5.09. The van der Waals surface area contributed by atoms with E-state index in [1.165, 1.54) is 0 Å². The van der Waals surface area contributed by atoms with Crippen molar-refractivity contribution in [2.45, 2.75) is 33.0 Å². The van der Waals surface area contributed by atoms with Crippen LogP contribution in [0.3, 0.4) is 0 Å². The summed E-state index contributed by atoms with van der Waals surface area (Å²) in [6, 6.07) is 0. The molecule has 0 aromatic carbocycles. The highest BCUT2D eigenvalue weighted by atomic mass is 16.5. The number of hydrogen-bond acceptors (Lipinski definition) is 2. The van der Waals surface area contributed by atoms with E-state index < -0.39 is 0 Å². The van der Waals surface area contributed by atoms with Gasteiger partial charge in [-0.25, -0.2) is 0 Å². The van der Waals surface area contributed by atoms with Gasteiger partial charge in [-0.05, 0) is 13.8 Å². The Morgan fingerprint density at radius 1 is 1.36 bits per heavy atom. The molecule has 1 amide bonds. The average Bonchev–Trinajstić information content (AvgIpc) is 1.85. The Morgan fingerprint density at radius 3 is 2.18 bits per heavy atom. The van der Waals surface area contributed by atoms with E-state index in [9.17, 15) is 4.79 Å². The van der Waals surface area contributed by atoms with E-state index in [-0.39, 0.29) is 18.1 Å². The van der Waals surface area contributed by atoms with Crippen LogP contribution in [0.5, 0.6) is 0 Å². The maximum Gasteiger partial charge on any atom is 0.219 e. The van der Waals surface area contributed by atoms with Crippen molar-refractivity contribution >= 4 is 5.91 Å². The molecule has 1 saturated heterocycles. The summed E-state index contributed by atoms with van der Waals surface area (Å²) in [5.74, 6) is 0.145. The summed E-state index contributed by atoms with van der Waals surface area (Å²) in [5.41, 5.74) is 0. The zero-order valence-electron chi connectivity index (χ0n) is 7.33. The Kier molecular flexibility index (Phi) is 2.49. The molecule has 0 unspecified atom stereocenters. The fourth-order valence-corrected chi connectivity index (χ4v) is 1.44. The molecule has 3 heteroatoms. The van der Waals surface area contributed by atoms with Crippen LogP contribution in [0.25, 0.3) is 0 Å². The first kappa shape index (κ1) is 8.53. The molecule has 64 valence electrons. The fraction of sp³-hybridized carbons (Fsp3) is 0.875. The molecule has 0 aromatic rings. The quantitative estimate of drug-likeness (QED) is 0.516. The van der Waals surface area contributed by atoms with E-state index in [4.69, 9.17) is 4.74 Å². The van der Waals surface area contributed by atoms with Crippen molar-refractivity contribution in [2.75, 3.05) is 13.1 Å². The van der Waals surface area contributed by atoms with Crippen LogP contribution >= 0.6 is 0 Å². The Hall–Kier alpha value is -0.570. The normalized spacial score (nSPS) is 32.1. The van der Waals surface area contributed by atoms with Gasteiger partial charge in [0.25, 0.3) is 0 Å². The van der Waals surface area contributed by atoms with Crippen molar-refractivity contribution in [1.82, 2.24) is 4.90 Å². The van der Waals surface area contributed by atoms with Crippen molar-refractivity contribution < 1.29 is 9.53 Å². The van der Waals surface area contributed by atoms with Gasteiger partial charge in [-0.1, -0.05) is 0 Å². The lowest BCUT2D eigenvalue weighted by molar-refractivity contribution is -0.140. The molecule has 1 heterocycles. The highest BCUT2D eigenvalue weighted by molar-refractivity contribution is 5.73. The van der Waals surface area contributed by atoms with Gasteiger partial charge >= 0.3 is 0 Å². The summed E-state index contributed by atoms with van der Waals surface area (Å²) in [6.45, 7) is 7.06. The van der Waals surface area contributed by atoms with Gasteiger partial charge in [-0.15, -0.1) is 0 Å². The fourth-order valence-electron chi connectivity index (χ4n) is 1.44. The number of amides is 1. The van der Waals surface area contributed by atoms with Crippen LogP contribution in [-0.2, 0) is 9.53 Å². The van der Waals surface area contributed by atoms with Crippen molar-refractivity contribution in [1.29, 1.82) is 0 Å². The molecule has 1 aliphatic heterocycles. The van der Waals surface area contributed by atoms with Crippen molar-refractivity contribution in [3.8, 4) is 0 Å². The van der Waals surface area contributed by atoms with E-state index in [2.05, 4.69) is 0 Å². The van der Waals surface area contributed by atoms with E-state index in [1.807, 2.05) is 18.7 Å². The molecule has 0 bridgehead atoms. The standard InChI is InChI=1S/C8H15NO2/c1-6-4-9(8(3)10)5-7(2)11-6/h6-7H,4-5H2,1-3H3/t6-,7-/m1/s1. The van der Waals surface area contributed by atoms with E-state index >= 15 is 0 Å². The van der Waals surface area contributed by atoms with Gasteiger partial charge in [-0.2, -0.15) is 0 Å². The first-order valence-corrected chi connectivity index (χ1v) is 4.00. The molecule has 0 radical (unpaired) electrons. The monoisotopic (exact) mass is 157 g/mol. The van der Waals surface area contributed by atoms with Crippen LogP contribution in [-0.4, -0.2) is 36.1 Å². The molecule has 0 spiro atoms. The summed E-state index contributed by atoms with van der Waals surface area (Å²) < 4.78 is 5.47. The number of carbonyl (C=O) groups excluding carboxylic acids is 1. The molecule has 3 nitrogen and oxygen atoms in total. The molecule has 0 N–H and O–H groups in total. The minimum atomic E-state index is 0.145. The number of ether oxygens (including phenoxy) is 1. The summed E-state index contributed by atoms with van der Waals surface area (Å²) in [4.78, 5) is 12.8. The highest BCUT2D eigenvalue weighted by Crippen LogP contribution is 2.09. The maximum absolute atomic E-state index is 11.0. The smallest absolute Gasteiger partial charge is 0.219 e. The second kappa shape index (κ2) is 3.22. The molecule has 0 aliphatic carbocycles. The lowest BCUT2D eigenvalue weighted by Gasteiger charge is -2.34. The molecular weight excluding hydrogens is 142 g/mol. The van der Waals surface area contributed by atoms with Gasteiger partial charge in [0.1, 0.15) is 0 Å². The molecule has 11 heavy (non-hydrogen) atoms. The predicted octanol–water partition coefficient (Wildman–Crippen LogP) is 0.642. The molecule has 1 aliphatic rings. The van der Waals surface area contributed by atoms with E-state index in [1.54, 1.807) is 6.92 Å². The Morgan fingerprint density at radius 2 is 1.82 bits per heavy atom. The van der Waals surface area contributed by atoms with Crippen molar-refractivity contribution in [3.63, 3.8) is 0 Å². The third kappa shape index (κ3) is 2.19. The average molecular weight is 157 g/mol. The predicted molar refractivity (Wildman–Crippen MR) is 42.3 cm³/mol. The summed E-state index contributed by atoms with van der Waals surface area (Å²) in [7, 11) is 0. The Balaban J connectivity index is 2.49. The van der Waals surface area contributed by atoms with Gasteiger partial charge in [0.2, 0.25) is 5.91 Å². The number of carbonyl (C=O) groups is 1. The van der Waals surface area contributed by atoms with Crippen LogP contribution in [0.1, 0.15) is 20.8 Å². The van der Waals surface area contributed by atoms with Gasteiger partial charge in [0.15, 0.2) is 0 Å². The maximum atomic E-state index is 11.0. The van der Waals surface area contributed by atoms with Crippen LogP contribution < -0.4 is 0 Å². The topological polar surface area (TPSA) is 29.5 Å².